The molecule has 1 saturated heterocycles. The van der Waals surface area contributed by atoms with Gasteiger partial charge in [0.05, 0.1) is 22.5 Å². The maximum atomic E-state index is 13.5. The van der Waals surface area contributed by atoms with Crippen molar-refractivity contribution in [1.29, 1.82) is 0 Å². The van der Waals surface area contributed by atoms with Gasteiger partial charge in [0, 0.05) is 49.5 Å². The maximum absolute atomic E-state index is 13.5. The van der Waals surface area contributed by atoms with Crippen LogP contribution in [0.15, 0.2) is 53.3 Å². The molecule has 3 aliphatic rings. The lowest BCUT2D eigenvalue weighted by molar-refractivity contribution is -0.136. The summed E-state index contributed by atoms with van der Waals surface area (Å²) < 4.78 is 40.5. The molecule has 0 bridgehead atoms. The normalized spacial score (nSPS) is 21.5. The molecule has 5 rings (SSSR count). The number of oxime groups is 1. The van der Waals surface area contributed by atoms with Crippen molar-refractivity contribution in [3.8, 4) is 0 Å². The molecule has 0 aliphatic carbocycles. The summed E-state index contributed by atoms with van der Waals surface area (Å²) in [6.45, 7) is 4.77. The molecule has 0 atom stereocenters. The van der Waals surface area contributed by atoms with E-state index in [4.69, 9.17) is 4.84 Å². The Morgan fingerprint density at radius 3 is 2.55 bits per heavy atom. The standard InChI is InChI=1S/C23H22F3N5O2/c24-23(25,26)16-6-3-5-15-18(22(32)29-19(15)16)21-20(14-4-1-2-7-17(14)28-21)30-33-13-12-31-10-8-27-9-11-31/h1-7,27-28H,8-13H2,(H,29,32)/b21-18-,30-20+. The van der Waals surface area contributed by atoms with Crippen molar-refractivity contribution in [3.63, 3.8) is 0 Å². The van der Waals surface area contributed by atoms with Crippen LogP contribution in [-0.2, 0) is 15.8 Å². The lowest BCUT2D eigenvalue weighted by Crippen LogP contribution is -2.44. The third-order valence-corrected chi connectivity index (χ3v) is 5.90. The molecule has 2 aromatic carbocycles. The molecule has 0 unspecified atom stereocenters. The molecule has 10 heteroatoms. The van der Waals surface area contributed by atoms with Gasteiger partial charge in [0.1, 0.15) is 12.3 Å². The minimum absolute atomic E-state index is 0.108. The third kappa shape index (κ3) is 4.07. The number of allylic oxidation sites excluding steroid dienone is 1. The Balaban J connectivity index is 1.50. The van der Waals surface area contributed by atoms with Crippen LogP contribution >= 0.6 is 0 Å². The largest absolute Gasteiger partial charge is 0.418 e. The number of carbonyl (C=O) groups is 1. The van der Waals surface area contributed by atoms with Crippen molar-refractivity contribution < 1.29 is 22.8 Å². The van der Waals surface area contributed by atoms with E-state index < -0.39 is 17.6 Å². The van der Waals surface area contributed by atoms with E-state index in [9.17, 15) is 18.0 Å². The van der Waals surface area contributed by atoms with Crippen molar-refractivity contribution in [2.45, 2.75) is 6.18 Å². The molecule has 172 valence electrons. The number of rotatable bonds is 4. The number of halogens is 3. The highest BCUT2D eigenvalue weighted by Crippen LogP contribution is 2.44. The first kappa shape index (κ1) is 21.5. The molecule has 0 saturated carbocycles. The summed E-state index contributed by atoms with van der Waals surface area (Å²) in [5.41, 5.74) is 1.30. The summed E-state index contributed by atoms with van der Waals surface area (Å²) in [6, 6.07) is 11.1. The number of nitrogens with one attached hydrogen (secondary N) is 3. The van der Waals surface area contributed by atoms with E-state index in [-0.39, 0.29) is 16.8 Å². The van der Waals surface area contributed by atoms with Crippen LogP contribution in [0.2, 0.25) is 0 Å². The molecule has 0 spiro atoms. The molecular weight excluding hydrogens is 435 g/mol. The highest BCUT2D eigenvalue weighted by molar-refractivity contribution is 6.39. The smallest absolute Gasteiger partial charge is 0.394 e. The van der Waals surface area contributed by atoms with Gasteiger partial charge < -0.3 is 20.8 Å². The van der Waals surface area contributed by atoms with Crippen LogP contribution in [0.3, 0.4) is 0 Å². The van der Waals surface area contributed by atoms with Gasteiger partial charge >= 0.3 is 6.18 Å². The second kappa shape index (κ2) is 8.53. The number of para-hydroxylation sites is 2. The molecule has 33 heavy (non-hydrogen) atoms. The number of carbonyl (C=O) groups excluding carboxylic acids is 1. The molecule has 0 aromatic heterocycles. The first-order valence-corrected chi connectivity index (χ1v) is 10.7. The van der Waals surface area contributed by atoms with Crippen LogP contribution in [0, 0.1) is 0 Å². The molecule has 2 aromatic rings. The van der Waals surface area contributed by atoms with Gasteiger partial charge in [-0.25, -0.2) is 0 Å². The number of anilines is 2. The van der Waals surface area contributed by atoms with E-state index >= 15 is 0 Å². The van der Waals surface area contributed by atoms with Crippen LogP contribution in [0.5, 0.6) is 0 Å². The van der Waals surface area contributed by atoms with E-state index in [0.717, 1.165) is 37.8 Å². The minimum Gasteiger partial charge on any atom is -0.394 e. The minimum atomic E-state index is -4.59. The summed E-state index contributed by atoms with van der Waals surface area (Å²) in [7, 11) is 0. The lowest BCUT2D eigenvalue weighted by atomic mass is 9.99. The maximum Gasteiger partial charge on any atom is 0.418 e. The number of benzene rings is 2. The van der Waals surface area contributed by atoms with E-state index in [0.29, 0.717) is 30.2 Å². The molecular formula is C23H22F3N5O2. The first-order chi connectivity index (χ1) is 15.9. The third-order valence-electron chi connectivity index (χ3n) is 5.90. The van der Waals surface area contributed by atoms with Crippen LogP contribution in [0.4, 0.5) is 24.5 Å². The quantitative estimate of drug-likeness (QED) is 0.374. The van der Waals surface area contributed by atoms with Crippen LogP contribution in [0.1, 0.15) is 16.7 Å². The van der Waals surface area contributed by atoms with Crippen molar-refractivity contribution >= 4 is 28.6 Å². The summed E-state index contributed by atoms with van der Waals surface area (Å²) >= 11 is 0. The second-order valence-corrected chi connectivity index (χ2v) is 7.97. The number of fused-ring (bicyclic) bond motifs is 2. The van der Waals surface area contributed by atoms with Gasteiger partial charge in [-0.2, -0.15) is 13.2 Å². The van der Waals surface area contributed by atoms with Gasteiger partial charge in [0.25, 0.3) is 5.91 Å². The van der Waals surface area contributed by atoms with Gasteiger partial charge in [-0.1, -0.05) is 35.5 Å². The van der Waals surface area contributed by atoms with Crippen molar-refractivity contribution in [1.82, 2.24) is 10.2 Å². The van der Waals surface area contributed by atoms with E-state index in [1.807, 2.05) is 24.3 Å². The zero-order valence-corrected chi connectivity index (χ0v) is 17.6. The Hall–Kier alpha value is -3.37. The lowest BCUT2D eigenvalue weighted by Gasteiger charge is -2.26. The van der Waals surface area contributed by atoms with Crippen LogP contribution in [0.25, 0.3) is 5.57 Å². The Morgan fingerprint density at radius 1 is 1.00 bits per heavy atom. The van der Waals surface area contributed by atoms with Crippen LogP contribution in [-0.4, -0.2) is 55.8 Å². The number of hydrogen-bond donors (Lipinski definition) is 3. The van der Waals surface area contributed by atoms with Crippen molar-refractivity contribution in [3.05, 3.63) is 64.9 Å². The number of alkyl halides is 3. The SMILES string of the molecule is O=C1Nc2c(cccc2C(F)(F)F)/C1=C1/Nc2ccccc2/C1=N\OCCN1CCNCC1. The fourth-order valence-electron chi connectivity index (χ4n) is 4.30. The topological polar surface area (TPSA) is 78.0 Å². The van der Waals surface area contributed by atoms with E-state index in [1.165, 1.54) is 12.1 Å². The average Bonchev–Trinajstić information content (AvgIpc) is 3.32. The predicted octanol–water partition coefficient (Wildman–Crippen LogP) is 3.12. The Bertz CT molecular complexity index is 1150. The molecule has 3 heterocycles. The molecule has 7 nitrogen and oxygen atoms in total. The summed E-state index contributed by atoms with van der Waals surface area (Å²) in [5.74, 6) is -0.620. The van der Waals surface area contributed by atoms with Gasteiger partial charge in [-0.15, -0.1) is 0 Å². The first-order valence-electron chi connectivity index (χ1n) is 10.7. The number of amides is 1. The number of piperazine rings is 1. The van der Waals surface area contributed by atoms with Gasteiger partial charge in [-0.3, -0.25) is 9.69 Å². The Kier molecular flexibility index (Phi) is 5.55. The molecule has 3 aliphatic heterocycles. The monoisotopic (exact) mass is 457 g/mol. The van der Waals surface area contributed by atoms with Crippen molar-refractivity contribution in [2.24, 2.45) is 5.16 Å². The Labute approximate surface area is 188 Å². The molecule has 0 radical (unpaired) electrons. The zero-order chi connectivity index (χ0) is 23.0. The highest BCUT2D eigenvalue weighted by atomic mass is 19.4. The summed E-state index contributed by atoms with van der Waals surface area (Å²) in [6.07, 6.45) is -4.59. The Morgan fingerprint density at radius 2 is 1.76 bits per heavy atom. The van der Waals surface area contributed by atoms with Gasteiger partial charge in [-0.05, 0) is 12.1 Å². The van der Waals surface area contributed by atoms with Crippen molar-refractivity contribution in [2.75, 3.05) is 50.0 Å². The van der Waals surface area contributed by atoms with E-state index in [1.54, 1.807) is 0 Å². The number of nitrogens with zero attached hydrogens (tertiary/aromatic N) is 2. The van der Waals surface area contributed by atoms with Gasteiger partial charge in [0.15, 0.2) is 0 Å². The fraction of sp³-hybridized carbons (Fsp3) is 0.304. The fourth-order valence-corrected chi connectivity index (χ4v) is 4.30. The van der Waals surface area contributed by atoms with Crippen LogP contribution < -0.4 is 16.0 Å². The van der Waals surface area contributed by atoms with E-state index in [2.05, 4.69) is 26.0 Å². The van der Waals surface area contributed by atoms with Gasteiger partial charge in [0.2, 0.25) is 0 Å². The summed E-state index contributed by atoms with van der Waals surface area (Å²) in [4.78, 5) is 20.7. The molecule has 1 amide bonds. The predicted molar refractivity (Wildman–Crippen MR) is 119 cm³/mol. The molecule has 3 N–H and O–H groups in total. The zero-order valence-electron chi connectivity index (χ0n) is 17.6. The molecule has 1 fully saturated rings. The summed E-state index contributed by atoms with van der Waals surface area (Å²) in [5, 5.41) is 13.1. The second-order valence-electron chi connectivity index (χ2n) is 7.97. The average molecular weight is 457 g/mol. The highest BCUT2D eigenvalue weighted by Gasteiger charge is 2.41. The number of hydrogen-bond acceptors (Lipinski definition) is 6.